The fraction of sp³-hybridized carbons (Fsp3) is 0.650. The molecule has 2 rings (SSSR count). The molecule has 0 aliphatic heterocycles. The summed E-state index contributed by atoms with van der Waals surface area (Å²) in [6, 6.07) is 7.79. The predicted molar refractivity (Wildman–Crippen MR) is 105 cm³/mol. The smallest absolute Gasteiger partial charge is 0.191 e. The zero-order valence-electron chi connectivity index (χ0n) is 16.0. The first-order valence-corrected chi connectivity index (χ1v) is 9.65. The second-order valence-corrected chi connectivity index (χ2v) is 6.80. The Labute approximate surface area is 157 Å². The molecule has 1 aliphatic rings. The molecule has 1 unspecified atom stereocenters. The van der Waals surface area contributed by atoms with Crippen molar-refractivity contribution in [1.29, 1.82) is 0 Å². The van der Waals surface area contributed by atoms with Crippen molar-refractivity contribution in [1.82, 2.24) is 10.6 Å². The van der Waals surface area contributed by atoms with Crippen molar-refractivity contribution in [3.05, 3.63) is 29.8 Å². The topological polar surface area (TPSA) is 75.1 Å². The fourth-order valence-corrected chi connectivity index (χ4v) is 2.40. The van der Waals surface area contributed by atoms with Gasteiger partial charge in [-0.1, -0.05) is 12.1 Å². The predicted octanol–water partition coefficient (Wildman–Crippen LogP) is 2.11. The highest BCUT2D eigenvalue weighted by Crippen LogP contribution is 2.28. The van der Waals surface area contributed by atoms with Crippen molar-refractivity contribution in [3.63, 3.8) is 0 Å². The number of rotatable bonds is 12. The van der Waals surface area contributed by atoms with Gasteiger partial charge in [-0.2, -0.15) is 0 Å². The van der Waals surface area contributed by atoms with Crippen LogP contribution in [0.3, 0.4) is 0 Å². The zero-order valence-corrected chi connectivity index (χ0v) is 16.0. The van der Waals surface area contributed by atoms with Crippen LogP contribution in [-0.2, 0) is 4.74 Å². The number of benzene rings is 1. The number of guanidine groups is 1. The molecule has 3 N–H and O–H groups in total. The first-order valence-electron chi connectivity index (χ1n) is 9.65. The monoisotopic (exact) mass is 363 g/mol. The van der Waals surface area contributed by atoms with Gasteiger partial charge in [0.05, 0.1) is 6.54 Å². The zero-order chi connectivity index (χ0) is 18.6. The van der Waals surface area contributed by atoms with Crippen LogP contribution >= 0.6 is 0 Å². The fourth-order valence-electron chi connectivity index (χ4n) is 2.40. The molecule has 1 aromatic rings. The minimum absolute atomic E-state index is 0.224. The second-order valence-electron chi connectivity index (χ2n) is 6.80. The Kier molecular flexibility index (Phi) is 9.28. The van der Waals surface area contributed by atoms with Crippen molar-refractivity contribution < 1.29 is 14.6 Å². The summed E-state index contributed by atoms with van der Waals surface area (Å²) in [5.74, 6) is 2.29. The van der Waals surface area contributed by atoms with E-state index in [1.807, 2.05) is 38.1 Å². The highest BCUT2D eigenvalue weighted by molar-refractivity contribution is 5.79. The van der Waals surface area contributed by atoms with E-state index in [1.54, 1.807) is 0 Å². The van der Waals surface area contributed by atoms with Gasteiger partial charge in [0.2, 0.25) is 0 Å². The van der Waals surface area contributed by atoms with E-state index < -0.39 is 6.10 Å². The maximum Gasteiger partial charge on any atom is 0.191 e. The number of ether oxygens (including phenoxy) is 2. The van der Waals surface area contributed by atoms with Crippen LogP contribution in [-0.4, -0.2) is 56.6 Å². The summed E-state index contributed by atoms with van der Waals surface area (Å²) in [7, 11) is 0. The van der Waals surface area contributed by atoms with Crippen LogP contribution in [0.15, 0.2) is 29.3 Å². The third-order valence-electron chi connectivity index (χ3n) is 4.04. The van der Waals surface area contributed by atoms with Gasteiger partial charge < -0.3 is 25.2 Å². The summed E-state index contributed by atoms with van der Waals surface area (Å²) in [6.07, 6.45) is 2.94. The second kappa shape index (κ2) is 11.8. The number of hydrogen-bond acceptors (Lipinski definition) is 4. The minimum atomic E-state index is -0.646. The summed E-state index contributed by atoms with van der Waals surface area (Å²) in [5.41, 5.74) is 1.13. The number of aliphatic imine (C=N–C) groups is 1. The average molecular weight is 364 g/mol. The van der Waals surface area contributed by atoms with Gasteiger partial charge in [0.1, 0.15) is 18.5 Å². The lowest BCUT2D eigenvalue weighted by Crippen LogP contribution is -2.39. The molecule has 1 aromatic carbocycles. The lowest BCUT2D eigenvalue weighted by atomic mass is 10.2. The Hall–Kier alpha value is -1.79. The molecule has 1 fully saturated rings. The van der Waals surface area contributed by atoms with E-state index >= 15 is 0 Å². The van der Waals surface area contributed by atoms with Crippen molar-refractivity contribution in [2.45, 2.75) is 39.2 Å². The Morgan fingerprint density at radius 2 is 2.19 bits per heavy atom. The average Bonchev–Trinajstić information content (AvgIpc) is 3.45. The number of nitrogens with zero attached hydrogens (tertiary/aromatic N) is 1. The van der Waals surface area contributed by atoms with Crippen molar-refractivity contribution in [2.24, 2.45) is 10.9 Å². The molecule has 6 heteroatoms. The largest absolute Gasteiger partial charge is 0.491 e. The first kappa shape index (κ1) is 20.5. The van der Waals surface area contributed by atoms with Crippen LogP contribution in [0.1, 0.15) is 31.7 Å². The van der Waals surface area contributed by atoms with Crippen LogP contribution in [0.4, 0.5) is 0 Å². The lowest BCUT2D eigenvalue weighted by molar-refractivity contribution is 0.114. The molecular formula is C20H33N3O3. The van der Waals surface area contributed by atoms with Gasteiger partial charge in [0.15, 0.2) is 5.96 Å². The molecular weight excluding hydrogens is 330 g/mol. The molecule has 1 aliphatic carbocycles. The maximum atomic E-state index is 10.1. The van der Waals surface area contributed by atoms with Crippen LogP contribution in [0.5, 0.6) is 5.75 Å². The minimum Gasteiger partial charge on any atom is -0.491 e. The van der Waals surface area contributed by atoms with Gasteiger partial charge in [-0.15, -0.1) is 0 Å². The van der Waals surface area contributed by atoms with Gasteiger partial charge >= 0.3 is 0 Å². The molecule has 1 atom stereocenters. The van der Waals surface area contributed by atoms with Crippen LogP contribution in [0.2, 0.25) is 0 Å². The number of aliphatic hydroxyl groups is 1. The third-order valence-corrected chi connectivity index (χ3v) is 4.04. The van der Waals surface area contributed by atoms with E-state index in [-0.39, 0.29) is 6.61 Å². The van der Waals surface area contributed by atoms with Gasteiger partial charge in [0.25, 0.3) is 0 Å². The number of aliphatic hydroxyl groups excluding tert-OH is 1. The van der Waals surface area contributed by atoms with Gasteiger partial charge in [-0.25, -0.2) is 0 Å². The highest BCUT2D eigenvalue weighted by Gasteiger charge is 2.20. The van der Waals surface area contributed by atoms with E-state index in [2.05, 4.69) is 15.6 Å². The molecule has 1 saturated carbocycles. The molecule has 0 radical (unpaired) electrons. The van der Waals surface area contributed by atoms with Gasteiger partial charge in [0, 0.05) is 26.3 Å². The van der Waals surface area contributed by atoms with E-state index in [9.17, 15) is 5.11 Å². The summed E-state index contributed by atoms with van der Waals surface area (Å²) in [5, 5.41) is 16.5. The summed E-state index contributed by atoms with van der Waals surface area (Å²) in [4.78, 5) is 4.42. The molecule has 0 aromatic heterocycles. The van der Waals surface area contributed by atoms with Crippen LogP contribution in [0, 0.1) is 12.8 Å². The Balaban J connectivity index is 1.62. The molecule has 6 nitrogen and oxygen atoms in total. The number of aryl methyl sites for hydroxylation is 1. The normalized spacial score (nSPS) is 15.6. The lowest BCUT2D eigenvalue weighted by Gasteiger charge is -2.14. The third kappa shape index (κ3) is 9.06. The van der Waals surface area contributed by atoms with E-state index in [0.29, 0.717) is 12.5 Å². The number of hydrogen-bond donors (Lipinski definition) is 3. The maximum absolute atomic E-state index is 10.1. The molecule has 146 valence electrons. The van der Waals surface area contributed by atoms with Crippen molar-refractivity contribution in [3.8, 4) is 5.75 Å². The Bertz CT molecular complexity index is 547. The van der Waals surface area contributed by atoms with Crippen LogP contribution in [0.25, 0.3) is 0 Å². The molecule has 0 amide bonds. The SMILES string of the molecule is CCNC(=NCC(O)COc1cccc(C)c1)NCCCOCC1CC1. The van der Waals surface area contributed by atoms with Crippen molar-refractivity contribution >= 4 is 5.96 Å². The molecule has 0 spiro atoms. The highest BCUT2D eigenvalue weighted by atomic mass is 16.5. The van der Waals surface area contributed by atoms with Gasteiger partial charge in [-0.3, -0.25) is 4.99 Å². The standard InChI is InChI=1S/C20H33N3O3/c1-3-21-20(22-10-5-11-25-14-17-8-9-17)23-13-18(24)15-26-19-7-4-6-16(2)12-19/h4,6-7,12,17-18,24H,3,5,8-11,13-15H2,1-2H3,(H2,21,22,23). The Morgan fingerprint density at radius 1 is 1.35 bits per heavy atom. The van der Waals surface area contributed by atoms with Gasteiger partial charge in [-0.05, 0) is 56.7 Å². The molecule has 0 saturated heterocycles. The van der Waals surface area contributed by atoms with Crippen LogP contribution < -0.4 is 15.4 Å². The van der Waals surface area contributed by atoms with Crippen molar-refractivity contribution in [2.75, 3.05) is 39.5 Å². The molecule has 26 heavy (non-hydrogen) atoms. The number of nitrogens with one attached hydrogen (secondary N) is 2. The molecule has 0 heterocycles. The van der Waals surface area contributed by atoms with E-state index in [0.717, 1.165) is 50.0 Å². The Morgan fingerprint density at radius 3 is 2.92 bits per heavy atom. The quantitative estimate of drug-likeness (QED) is 0.301. The van der Waals surface area contributed by atoms with E-state index in [4.69, 9.17) is 9.47 Å². The first-order chi connectivity index (χ1) is 12.7. The summed E-state index contributed by atoms with van der Waals surface area (Å²) >= 11 is 0. The summed E-state index contributed by atoms with van der Waals surface area (Å²) in [6.45, 7) is 7.80. The summed E-state index contributed by atoms with van der Waals surface area (Å²) < 4.78 is 11.2. The van der Waals surface area contributed by atoms with E-state index in [1.165, 1.54) is 12.8 Å². The molecule has 0 bridgehead atoms.